The Morgan fingerprint density at radius 2 is 2.22 bits per heavy atom. The molecule has 0 bridgehead atoms. The molecule has 0 spiro atoms. The summed E-state index contributed by atoms with van der Waals surface area (Å²) >= 11 is 0. The van der Waals surface area contributed by atoms with Crippen LogP contribution in [0.2, 0.25) is 0 Å². The minimum absolute atomic E-state index is 0.213. The number of rotatable bonds is 5. The summed E-state index contributed by atoms with van der Waals surface area (Å²) in [7, 11) is 0. The number of ether oxygens (including phenoxy) is 1. The second-order valence-electron chi connectivity index (χ2n) is 5.30. The van der Waals surface area contributed by atoms with Gasteiger partial charge in [0.25, 0.3) is 0 Å². The van der Waals surface area contributed by atoms with Gasteiger partial charge in [-0.2, -0.15) is 4.98 Å². The Bertz CT molecular complexity index is 389. The van der Waals surface area contributed by atoms with Crippen molar-refractivity contribution in [1.82, 2.24) is 15.5 Å². The first-order valence-corrected chi connectivity index (χ1v) is 7.03. The molecule has 2 atom stereocenters. The molecule has 2 fully saturated rings. The average molecular weight is 251 g/mol. The summed E-state index contributed by atoms with van der Waals surface area (Å²) in [5.74, 6) is 2.41. The largest absolute Gasteiger partial charge is 0.381 e. The van der Waals surface area contributed by atoms with Gasteiger partial charge in [-0.15, -0.1) is 0 Å². The van der Waals surface area contributed by atoms with Gasteiger partial charge in [0.2, 0.25) is 5.89 Å². The molecule has 100 valence electrons. The summed E-state index contributed by atoms with van der Waals surface area (Å²) in [4.78, 5) is 4.56. The van der Waals surface area contributed by atoms with E-state index in [0.717, 1.165) is 37.7 Å². The maximum Gasteiger partial charge on any atom is 0.233 e. The van der Waals surface area contributed by atoms with Gasteiger partial charge in [-0.25, -0.2) is 0 Å². The van der Waals surface area contributed by atoms with Crippen molar-refractivity contribution in [2.45, 2.75) is 50.5 Å². The van der Waals surface area contributed by atoms with E-state index in [0.29, 0.717) is 18.6 Å². The van der Waals surface area contributed by atoms with E-state index in [-0.39, 0.29) is 5.92 Å². The van der Waals surface area contributed by atoms with Gasteiger partial charge < -0.3 is 14.6 Å². The highest BCUT2D eigenvalue weighted by atomic mass is 16.5. The zero-order valence-electron chi connectivity index (χ0n) is 10.9. The normalized spacial score (nSPS) is 28.5. The maximum atomic E-state index is 5.56. The van der Waals surface area contributed by atoms with E-state index in [2.05, 4.69) is 22.4 Å². The van der Waals surface area contributed by atoms with Gasteiger partial charge in [-0.3, -0.25) is 0 Å². The Labute approximate surface area is 107 Å². The number of nitrogens with zero attached hydrogens (tertiary/aromatic N) is 2. The molecule has 0 radical (unpaired) electrons. The second-order valence-corrected chi connectivity index (χ2v) is 5.30. The monoisotopic (exact) mass is 251 g/mol. The molecule has 1 aromatic rings. The van der Waals surface area contributed by atoms with Crippen molar-refractivity contribution in [3.8, 4) is 0 Å². The molecule has 1 N–H and O–H groups in total. The molecule has 3 rings (SSSR count). The van der Waals surface area contributed by atoms with Crippen molar-refractivity contribution < 1.29 is 9.26 Å². The van der Waals surface area contributed by atoms with Crippen molar-refractivity contribution in [3.05, 3.63) is 11.7 Å². The molecule has 5 heteroatoms. The first-order chi connectivity index (χ1) is 8.88. The van der Waals surface area contributed by atoms with Crippen LogP contribution in [0.4, 0.5) is 0 Å². The number of hydrogen-bond acceptors (Lipinski definition) is 5. The lowest BCUT2D eigenvalue weighted by Crippen LogP contribution is -2.41. The van der Waals surface area contributed by atoms with Crippen LogP contribution in [0, 0.1) is 0 Å². The predicted octanol–water partition coefficient (Wildman–Crippen LogP) is 1.82. The van der Waals surface area contributed by atoms with E-state index in [1.54, 1.807) is 0 Å². The molecule has 18 heavy (non-hydrogen) atoms. The second kappa shape index (κ2) is 5.36. The molecule has 1 aromatic heterocycles. The fraction of sp³-hybridized carbons (Fsp3) is 0.846. The quantitative estimate of drug-likeness (QED) is 0.865. The highest BCUT2D eigenvalue weighted by Crippen LogP contribution is 2.39. The van der Waals surface area contributed by atoms with Gasteiger partial charge in [-0.1, -0.05) is 12.1 Å². The lowest BCUT2D eigenvalue weighted by molar-refractivity contribution is 0.0498. The standard InChI is InChI=1S/C13H21N3O2/c1-2-6-14-11-5-7-17-8-10(11)13-15-12(16-18-13)9-3-4-9/h9-11,14H,2-8H2,1H3. The summed E-state index contributed by atoms with van der Waals surface area (Å²) in [6, 6.07) is 0.409. The van der Waals surface area contributed by atoms with Crippen LogP contribution in [0.25, 0.3) is 0 Å². The van der Waals surface area contributed by atoms with E-state index in [4.69, 9.17) is 9.26 Å². The van der Waals surface area contributed by atoms with Crippen LogP contribution < -0.4 is 5.32 Å². The summed E-state index contributed by atoms with van der Waals surface area (Å²) in [5, 5.41) is 7.66. The van der Waals surface area contributed by atoms with E-state index >= 15 is 0 Å². The van der Waals surface area contributed by atoms with Crippen LogP contribution >= 0.6 is 0 Å². The maximum absolute atomic E-state index is 5.56. The first-order valence-electron chi connectivity index (χ1n) is 7.03. The van der Waals surface area contributed by atoms with Crippen molar-refractivity contribution in [3.63, 3.8) is 0 Å². The van der Waals surface area contributed by atoms with Gasteiger partial charge in [0.1, 0.15) is 0 Å². The molecule has 1 aliphatic carbocycles. The fourth-order valence-electron chi connectivity index (χ4n) is 2.46. The fourth-order valence-corrected chi connectivity index (χ4v) is 2.46. The molecule has 1 saturated carbocycles. The van der Waals surface area contributed by atoms with E-state index < -0.39 is 0 Å². The van der Waals surface area contributed by atoms with Crippen molar-refractivity contribution in [2.24, 2.45) is 0 Å². The van der Waals surface area contributed by atoms with Crippen molar-refractivity contribution in [2.75, 3.05) is 19.8 Å². The zero-order chi connectivity index (χ0) is 12.4. The van der Waals surface area contributed by atoms with Crippen LogP contribution in [0.3, 0.4) is 0 Å². The minimum atomic E-state index is 0.213. The van der Waals surface area contributed by atoms with Crippen LogP contribution in [0.15, 0.2) is 4.52 Å². The lowest BCUT2D eigenvalue weighted by atomic mass is 9.95. The smallest absolute Gasteiger partial charge is 0.233 e. The van der Waals surface area contributed by atoms with Crippen molar-refractivity contribution in [1.29, 1.82) is 0 Å². The summed E-state index contributed by atoms with van der Waals surface area (Å²) in [5.41, 5.74) is 0. The Balaban J connectivity index is 1.69. The van der Waals surface area contributed by atoms with Crippen molar-refractivity contribution >= 4 is 0 Å². The van der Waals surface area contributed by atoms with Crippen LogP contribution in [-0.2, 0) is 4.74 Å². The third-order valence-corrected chi connectivity index (χ3v) is 3.73. The molecular formula is C13H21N3O2. The molecule has 2 aliphatic rings. The molecule has 0 amide bonds. The molecular weight excluding hydrogens is 230 g/mol. The zero-order valence-corrected chi connectivity index (χ0v) is 10.9. The molecule has 1 aliphatic heterocycles. The van der Waals surface area contributed by atoms with Crippen LogP contribution in [0.1, 0.15) is 56.2 Å². The van der Waals surface area contributed by atoms with Gasteiger partial charge in [-0.05, 0) is 32.2 Å². The first kappa shape index (κ1) is 12.1. The Morgan fingerprint density at radius 3 is 3.00 bits per heavy atom. The van der Waals surface area contributed by atoms with E-state index in [9.17, 15) is 0 Å². The molecule has 1 saturated heterocycles. The van der Waals surface area contributed by atoms with Crippen LogP contribution in [0.5, 0.6) is 0 Å². The lowest BCUT2D eigenvalue weighted by Gasteiger charge is -2.29. The minimum Gasteiger partial charge on any atom is -0.381 e. The summed E-state index contributed by atoms with van der Waals surface area (Å²) in [6.45, 7) is 4.72. The third kappa shape index (κ3) is 2.57. The van der Waals surface area contributed by atoms with Gasteiger partial charge in [0.15, 0.2) is 5.82 Å². The summed E-state index contributed by atoms with van der Waals surface area (Å²) < 4.78 is 11.0. The molecule has 2 heterocycles. The molecule has 0 aromatic carbocycles. The SMILES string of the molecule is CCCNC1CCOCC1c1nc(C2CC2)no1. The van der Waals surface area contributed by atoms with Crippen LogP contribution in [-0.4, -0.2) is 35.9 Å². The van der Waals surface area contributed by atoms with Gasteiger partial charge in [0.05, 0.1) is 12.5 Å². The number of hydrogen-bond donors (Lipinski definition) is 1. The number of nitrogens with one attached hydrogen (secondary N) is 1. The Hall–Kier alpha value is -0.940. The Morgan fingerprint density at radius 1 is 1.33 bits per heavy atom. The average Bonchev–Trinajstić information content (AvgIpc) is 3.15. The highest BCUT2D eigenvalue weighted by Gasteiger charge is 2.34. The topological polar surface area (TPSA) is 60.2 Å². The molecule has 2 unspecified atom stereocenters. The van der Waals surface area contributed by atoms with Gasteiger partial charge in [0, 0.05) is 18.6 Å². The van der Waals surface area contributed by atoms with Gasteiger partial charge >= 0.3 is 0 Å². The van der Waals surface area contributed by atoms with E-state index in [1.807, 2.05) is 0 Å². The predicted molar refractivity (Wildman–Crippen MR) is 66.5 cm³/mol. The third-order valence-electron chi connectivity index (χ3n) is 3.73. The summed E-state index contributed by atoms with van der Waals surface area (Å²) in [6.07, 6.45) is 4.57. The Kier molecular flexibility index (Phi) is 3.61. The van der Waals surface area contributed by atoms with E-state index in [1.165, 1.54) is 12.8 Å². The number of aromatic nitrogens is 2. The highest BCUT2D eigenvalue weighted by molar-refractivity contribution is 5.07. The molecule has 5 nitrogen and oxygen atoms in total.